The number of esters is 1. The second-order valence-corrected chi connectivity index (χ2v) is 5.78. The number of rotatable bonds is 7. The van der Waals surface area contributed by atoms with Crippen LogP contribution in [0.2, 0.25) is 0 Å². The Morgan fingerprint density at radius 3 is 2.27 bits per heavy atom. The Balaban J connectivity index is 1.90. The van der Waals surface area contributed by atoms with Crippen molar-refractivity contribution in [1.29, 1.82) is 0 Å². The molecule has 6 heteroatoms. The Bertz CT molecular complexity index is 788. The van der Waals surface area contributed by atoms with E-state index < -0.39 is 24.1 Å². The summed E-state index contributed by atoms with van der Waals surface area (Å²) in [6.07, 6.45) is -1.86. The number of benzene rings is 2. The van der Waals surface area contributed by atoms with Crippen LogP contribution in [-0.4, -0.2) is 29.9 Å². The first kappa shape index (κ1) is 19.2. The lowest BCUT2D eigenvalue weighted by atomic mass is 10.1. The Kier molecular flexibility index (Phi) is 6.49. The average molecular weight is 355 g/mol. The smallest absolute Gasteiger partial charge is 0.347 e. The first-order valence-electron chi connectivity index (χ1n) is 8.21. The lowest BCUT2D eigenvalue weighted by molar-refractivity contribution is -0.159. The zero-order valence-corrected chi connectivity index (χ0v) is 14.9. The Morgan fingerprint density at radius 2 is 1.62 bits per heavy atom. The summed E-state index contributed by atoms with van der Waals surface area (Å²) in [4.78, 5) is 35.7. The molecule has 0 aliphatic carbocycles. The molecule has 26 heavy (non-hydrogen) atoms. The van der Waals surface area contributed by atoms with Crippen LogP contribution >= 0.6 is 0 Å². The fourth-order valence-electron chi connectivity index (χ4n) is 2.13. The minimum atomic E-state index is -1.01. The second-order valence-electron chi connectivity index (χ2n) is 5.78. The van der Waals surface area contributed by atoms with E-state index in [1.54, 1.807) is 55.5 Å². The zero-order valence-electron chi connectivity index (χ0n) is 14.9. The van der Waals surface area contributed by atoms with E-state index >= 15 is 0 Å². The van der Waals surface area contributed by atoms with E-state index in [0.29, 0.717) is 17.0 Å². The molecule has 1 N–H and O–H groups in total. The topological polar surface area (TPSA) is 81.7 Å². The number of amides is 1. The van der Waals surface area contributed by atoms with Crippen molar-refractivity contribution < 1.29 is 23.9 Å². The van der Waals surface area contributed by atoms with Gasteiger partial charge >= 0.3 is 5.97 Å². The lowest BCUT2D eigenvalue weighted by Gasteiger charge is -2.18. The molecule has 0 radical (unpaired) electrons. The van der Waals surface area contributed by atoms with Crippen LogP contribution in [0.3, 0.4) is 0 Å². The third-order valence-electron chi connectivity index (χ3n) is 3.59. The number of Topliss-reactive ketones (excluding diaryl/α,β-unsaturated/α-hetero) is 1. The highest BCUT2D eigenvalue weighted by atomic mass is 16.6. The molecule has 0 bridgehead atoms. The highest BCUT2D eigenvalue weighted by molar-refractivity contribution is 5.98. The van der Waals surface area contributed by atoms with Gasteiger partial charge in [-0.15, -0.1) is 0 Å². The number of ether oxygens (including phenoxy) is 2. The van der Waals surface area contributed by atoms with Crippen molar-refractivity contribution in [3.05, 3.63) is 60.2 Å². The predicted octanol–water partition coefficient (Wildman–Crippen LogP) is 3.23. The highest BCUT2D eigenvalue weighted by Gasteiger charge is 2.23. The molecule has 2 aromatic rings. The van der Waals surface area contributed by atoms with Crippen molar-refractivity contribution in [2.45, 2.75) is 33.0 Å². The molecule has 0 unspecified atom stereocenters. The van der Waals surface area contributed by atoms with Crippen LogP contribution < -0.4 is 10.1 Å². The van der Waals surface area contributed by atoms with Gasteiger partial charge in [-0.3, -0.25) is 9.59 Å². The van der Waals surface area contributed by atoms with E-state index in [9.17, 15) is 14.4 Å². The molecule has 0 aromatic heterocycles. The van der Waals surface area contributed by atoms with Gasteiger partial charge in [-0.25, -0.2) is 4.79 Å². The summed E-state index contributed by atoms with van der Waals surface area (Å²) >= 11 is 0. The minimum absolute atomic E-state index is 0.104. The molecule has 0 heterocycles. The second kappa shape index (κ2) is 8.80. The van der Waals surface area contributed by atoms with Gasteiger partial charge in [0.2, 0.25) is 0 Å². The number of hydrogen-bond donors (Lipinski definition) is 1. The molecular weight excluding hydrogens is 334 g/mol. The largest absolute Gasteiger partial charge is 0.479 e. The third-order valence-corrected chi connectivity index (χ3v) is 3.59. The van der Waals surface area contributed by atoms with Crippen molar-refractivity contribution >= 4 is 23.3 Å². The van der Waals surface area contributed by atoms with Crippen LogP contribution in [-0.2, 0) is 14.3 Å². The number of para-hydroxylation sites is 1. The minimum Gasteiger partial charge on any atom is -0.479 e. The quantitative estimate of drug-likeness (QED) is 0.609. The van der Waals surface area contributed by atoms with Crippen molar-refractivity contribution in [2.75, 3.05) is 5.32 Å². The van der Waals surface area contributed by atoms with Gasteiger partial charge in [-0.1, -0.05) is 30.3 Å². The van der Waals surface area contributed by atoms with Crippen LogP contribution in [0.1, 0.15) is 31.1 Å². The zero-order chi connectivity index (χ0) is 19.1. The maximum absolute atomic E-state index is 12.2. The number of carbonyl (C=O) groups is 3. The normalized spacial score (nSPS) is 12.6. The standard InChI is InChI=1S/C20H21NO5/c1-13(22)16-8-7-9-17(12-16)21-19(23)14(2)26-20(24)15(3)25-18-10-5-4-6-11-18/h4-12,14-15H,1-3H3,(H,21,23)/t14-,15+/m0/s1. The van der Waals surface area contributed by atoms with Gasteiger partial charge in [0.25, 0.3) is 5.91 Å². The van der Waals surface area contributed by atoms with Gasteiger partial charge in [-0.2, -0.15) is 0 Å². The number of carbonyl (C=O) groups excluding carboxylic acids is 3. The van der Waals surface area contributed by atoms with Crippen LogP contribution in [0.4, 0.5) is 5.69 Å². The number of hydrogen-bond acceptors (Lipinski definition) is 5. The Hall–Kier alpha value is -3.15. The van der Waals surface area contributed by atoms with Crippen LogP contribution in [0, 0.1) is 0 Å². The summed E-state index contributed by atoms with van der Waals surface area (Å²) in [6, 6.07) is 15.4. The van der Waals surface area contributed by atoms with Crippen molar-refractivity contribution in [1.82, 2.24) is 0 Å². The molecule has 0 aliphatic rings. The van der Waals surface area contributed by atoms with Gasteiger partial charge < -0.3 is 14.8 Å². The van der Waals surface area contributed by atoms with Crippen molar-refractivity contribution in [2.24, 2.45) is 0 Å². The predicted molar refractivity (Wildman–Crippen MR) is 97.2 cm³/mol. The van der Waals surface area contributed by atoms with E-state index in [1.807, 2.05) is 6.07 Å². The Labute approximate surface area is 152 Å². The van der Waals surface area contributed by atoms with E-state index in [1.165, 1.54) is 13.8 Å². The number of nitrogens with one attached hydrogen (secondary N) is 1. The van der Waals surface area contributed by atoms with Gasteiger partial charge in [0.1, 0.15) is 5.75 Å². The van der Waals surface area contributed by atoms with Crippen LogP contribution in [0.25, 0.3) is 0 Å². The fraction of sp³-hybridized carbons (Fsp3) is 0.250. The van der Waals surface area contributed by atoms with Crippen LogP contribution in [0.15, 0.2) is 54.6 Å². The summed E-state index contributed by atoms with van der Waals surface area (Å²) in [7, 11) is 0. The summed E-state index contributed by atoms with van der Waals surface area (Å²) in [5.74, 6) is -0.706. The molecule has 0 spiro atoms. The van der Waals surface area contributed by atoms with Gasteiger partial charge in [-0.05, 0) is 45.0 Å². The summed E-state index contributed by atoms with van der Waals surface area (Å²) < 4.78 is 10.6. The molecular formula is C20H21NO5. The fourth-order valence-corrected chi connectivity index (χ4v) is 2.13. The molecule has 1 amide bonds. The summed E-state index contributed by atoms with van der Waals surface area (Å²) in [5, 5.41) is 2.62. The third kappa shape index (κ3) is 5.44. The number of anilines is 1. The summed E-state index contributed by atoms with van der Waals surface area (Å²) in [6.45, 7) is 4.47. The molecule has 0 fully saturated rings. The molecule has 2 aromatic carbocycles. The van der Waals surface area contributed by atoms with E-state index in [2.05, 4.69) is 5.32 Å². The van der Waals surface area contributed by atoms with Crippen molar-refractivity contribution in [3.63, 3.8) is 0 Å². The monoisotopic (exact) mass is 355 g/mol. The number of ketones is 1. The van der Waals surface area contributed by atoms with Gasteiger partial charge in [0, 0.05) is 11.3 Å². The van der Waals surface area contributed by atoms with E-state index in [4.69, 9.17) is 9.47 Å². The van der Waals surface area contributed by atoms with Crippen LogP contribution in [0.5, 0.6) is 5.75 Å². The van der Waals surface area contributed by atoms with Gasteiger partial charge in [0.05, 0.1) is 0 Å². The highest BCUT2D eigenvalue weighted by Crippen LogP contribution is 2.14. The van der Waals surface area contributed by atoms with E-state index in [-0.39, 0.29) is 5.78 Å². The molecule has 136 valence electrons. The first-order valence-corrected chi connectivity index (χ1v) is 8.21. The molecule has 6 nitrogen and oxygen atoms in total. The van der Waals surface area contributed by atoms with Gasteiger partial charge in [0.15, 0.2) is 18.0 Å². The molecule has 0 saturated heterocycles. The maximum Gasteiger partial charge on any atom is 0.347 e. The van der Waals surface area contributed by atoms with E-state index in [0.717, 1.165) is 0 Å². The molecule has 0 saturated carbocycles. The Morgan fingerprint density at radius 1 is 0.923 bits per heavy atom. The molecule has 0 aliphatic heterocycles. The van der Waals surface area contributed by atoms with Crippen molar-refractivity contribution in [3.8, 4) is 5.75 Å². The first-order chi connectivity index (χ1) is 12.4. The SMILES string of the molecule is CC(=O)c1cccc(NC(=O)[C@H](C)OC(=O)[C@@H](C)Oc2ccccc2)c1. The molecule has 2 atom stereocenters. The lowest BCUT2D eigenvalue weighted by Crippen LogP contribution is -2.35. The maximum atomic E-state index is 12.2. The molecule has 2 rings (SSSR count). The summed E-state index contributed by atoms with van der Waals surface area (Å²) in [5.41, 5.74) is 0.941. The average Bonchev–Trinajstić information content (AvgIpc) is 2.62.